The zero-order chi connectivity index (χ0) is 15.4. The Labute approximate surface area is 124 Å². The van der Waals surface area contributed by atoms with Gasteiger partial charge >= 0.3 is 0 Å². The molecular formula is C15H22N4O2. The predicted octanol–water partition coefficient (Wildman–Crippen LogP) is 1.60. The molecule has 0 amide bonds. The van der Waals surface area contributed by atoms with Gasteiger partial charge in [-0.15, -0.1) is 10.2 Å². The van der Waals surface area contributed by atoms with E-state index in [1.54, 1.807) is 7.11 Å². The van der Waals surface area contributed by atoms with E-state index in [1.165, 1.54) is 0 Å². The normalized spacial score (nSPS) is 12.2. The van der Waals surface area contributed by atoms with Crippen LogP contribution in [0.25, 0.3) is 0 Å². The molecule has 2 aromatic rings. The number of methoxy groups -OCH3 is 1. The van der Waals surface area contributed by atoms with E-state index in [0.29, 0.717) is 6.61 Å². The van der Waals surface area contributed by atoms with Gasteiger partial charge < -0.3 is 19.8 Å². The van der Waals surface area contributed by atoms with Crippen molar-refractivity contribution in [2.75, 3.05) is 7.11 Å². The molecule has 1 aromatic carbocycles. The quantitative estimate of drug-likeness (QED) is 0.874. The molecule has 0 aliphatic carbocycles. The van der Waals surface area contributed by atoms with Crippen molar-refractivity contribution in [1.82, 2.24) is 14.8 Å². The van der Waals surface area contributed by atoms with Crippen molar-refractivity contribution < 1.29 is 9.47 Å². The maximum absolute atomic E-state index is 5.90. The highest BCUT2D eigenvalue weighted by Crippen LogP contribution is 2.26. The van der Waals surface area contributed by atoms with E-state index in [4.69, 9.17) is 15.2 Å². The van der Waals surface area contributed by atoms with Gasteiger partial charge in [0.25, 0.3) is 0 Å². The molecule has 6 heteroatoms. The van der Waals surface area contributed by atoms with Crippen molar-refractivity contribution >= 4 is 0 Å². The standard InChI is InChI=1S/C15H22N4O2/c1-10(16)7-12-5-6-13(20-4)8-14(12)21-9-15-18-17-11(2)19(15)3/h5-6,8,10H,7,9,16H2,1-4H3. The number of aromatic nitrogens is 3. The summed E-state index contributed by atoms with van der Waals surface area (Å²) >= 11 is 0. The number of ether oxygens (including phenoxy) is 2. The Kier molecular flexibility index (Phi) is 4.80. The van der Waals surface area contributed by atoms with Gasteiger partial charge in [-0.1, -0.05) is 6.07 Å². The molecule has 1 atom stereocenters. The Morgan fingerprint density at radius 2 is 2.10 bits per heavy atom. The van der Waals surface area contributed by atoms with Crippen molar-refractivity contribution in [3.8, 4) is 11.5 Å². The summed E-state index contributed by atoms with van der Waals surface area (Å²) in [6.45, 7) is 4.24. The molecule has 114 valence electrons. The average molecular weight is 290 g/mol. The van der Waals surface area contributed by atoms with Gasteiger partial charge in [-0.2, -0.15) is 0 Å². The second kappa shape index (κ2) is 6.58. The molecule has 0 bridgehead atoms. The summed E-state index contributed by atoms with van der Waals surface area (Å²) in [6.07, 6.45) is 0.747. The fourth-order valence-corrected chi connectivity index (χ4v) is 2.03. The van der Waals surface area contributed by atoms with E-state index in [0.717, 1.165) is 35.1 Å². The van der Waals surface area contributed by atoms with Crippen LogP contribution in [0.15, 0.2) is 18.2 Å². The lowest BCUT2D eigenvalue weighted by atomic mass is 10.1. The summed E-state index contributed by atoms with van der Waals surface area (Å²) in [6, 6.07) is 5.84. The second-order valence-corrected chi connectivity index (χ2v) is 5.17. The fraction of sp³-hybridized carbons (Fsp3) is 0.467. The number of nitrogens with two attached hydrogens (primary N) is 1. The number of nitrogens with zero attached hydrogens (tertiary/aromatic N) is 3. The van der Waals surface area contributed by atoms with Gasteiger partial charge in [0.1, 0.15) is 23.9 Å². The summed E-state index contributed by atoms with van der Waals surface area (Å²) in [5, 5.41) is 8.12. The van der Waals surface area contributed by atoms with E-state index >= 15 is 0 Å². The minimum absolute atomic E-state index is 0.0674. The third kappa shape index (κ3) is 3.72. The maximum atomic E-state index is 5.90. The first-order valence-electron chi connectivity index (χ1n) is 6.91. The van der Waals surface area contributed by atoms with Crippen LogP contribution in [0.2, 0.25) is 0 Å². The van der Waals surface area contributed by atoms with Crippen LogP contribution in [0.1, 0.15) is 24.1 Å². The van der Waals surface area contributed by atoms with Crippen LogP contribution in [-0.4, -0.2) is 27.9 Å². The summed E-state index contributed by atoms with van der Waals surface area (Å²) in [5.74, 6) is 3.16. The van der Waals surface area contributed by atoms with Gasteiger partial charge in [0.05, 0.1) is 7.11 Å². The lowest BCUT2D eigenvalue weighted by Gasteiger charge is -2.14. The Balaban J connectivity index is 2.18. The molecule has 0 fully saturated rings. The number of benzene rings is 1. The molecule has 0 spiro atoms. The second-order valence-electron chi connectivity index (χ2n) is 5.17. The minimum atomic E-state index is 0.0674. The van der Waals surface area contributed by atoms with Gasteiger partial charge in [0, 0.05) is 19.2 Å². The molecule has 6 nitrogen and oxygen atoms in total. The first kappa shape index (κ1) is 15.3. The first-order chi connectivity index (χ1) is 10.0. The van der Waals surface area contributed by atoms with Gasteiger partial charge in [-0.3, -0.25) is 0 Å². The minimum Gasteiger partial charge on any atom is -0.497 e. The van der Waals surface area contributed by atoms with Crippen LogP contribution in [-0.2, 0) is 20.1 Å². The van der Waals surface area contributed by atoms with Gasteiger partial charge in [0.2, 0.25) is 0 Å². The number of hydrogen-bond acceptors (Lipinski definition) is 5. The first-order valence-corrected chi connectivity index (χ1v) is 6.91. The topological polar surface area (TPSA) is 75.2 Å². The highest BCUT2D eigenvalue weighted by Gasteiger charge is 2.11. The summed E-state index contributed by atoms with van der Waals surface area (Å²) in [4.78, 5) is 0. The van der Waals surface area contributed by atoms with Crippen molar-refractivity contribution in [2.24, 2.45) is 12.8 Å². The van der Waals surface area contributed by atoms with E-state index in [-0.39, 0.29) is 6.04 Å². The summed E-state index contributed by atoms with van der Waals surface area (Å²) in [5.41, 5.74) is 6.95. The molecule has 0 radical (unpaired) electrons. The van der Waals surface area contributed by atoms with E-state index in [2.05, 4.69) is 10.2 Å². The third-order valence-electron chi connectivity index (χ3n) is 3.36. The highest BCUT2D eigenvalue weighted by atomic mass is 16.5. The van der Waals surface area contributed by atoms with Crippen LogP contribution in [0, 0.1) is 6.92 Å². The molecule has 2 N–H and O–H groups in total. The molecule has 21 heavy (non-hydrogen) atoms. The molecule has 0 aliphatic rings. The number of aryl methyl sites for hydroxylation is 1. The zero-order valence-electron chi connectivity index (χ0n) is 13.0. The van der Waals surface area contributed by atoms with E-state index in [9.17, 15) is 0 Å². The molecular weight excluding hydrogens is 268 g/mol. The third-order valence-corrected chi connectivity index (χ3v) is 3.36. The lowest BCUT2D eigenvalue weighted by molar-refractivity contribution is 0.285. The van der Waals surface area contributed by atoms with Gasteiger partial charge in [-0.25, -0.2) is 0 Å². The zero-order valence-corrected chi connectivity index (χ0v) is 13.0. The van der Waals surface area contributed by atoms with Crippen LogP contribution in [0.3, 0.4) is 0 Å². The Morgan fingerprint density at radius 3 is 2.67 bits per heavy atom. The van der Waals surface area contributed by atoms with Gasteiger partial charge in [-0.05, 0) is 31.9 Å². The predicted molar refractivity (Wildman–Crippen MR) is 80.4 cm³/mol. The Hall–Kier alpha value is -2.08. The van der Waals surface area contributed by atoms with Crippen molar-refractivity contribution in [2.45, 2.75) is 32.9 Å². The molecule has 1 aromatic heterocycles. The SMILES string of the molecule is COc1ccc(CC(C)N)c(OCc2nnc(C)n2C)c1. The summed E-state index contributed by atoms with van der Waals surface area (Å²) in [7, 11) is 3.55. The number of rotatable bonds is 6. The Bertz CT molecular complexity index is 608. The lowest BCUT2D eigenvalue weighted by Crippen LogP contribution is -2.18. The molecule has 1 heterocycles. The highest BCUT2D eigenvalue weighted by molar-refractivity contribution is 5.41. The van der Waals surface area contributed by atoms with Crippen LogP contribution < -0.4 is 15.2 Å². The van der Waals surface area contributed by atoms with Crippen molar-refractivity contribution in [1.29, 1.82) is 0 Å². The van der Waals surface area contributed by atoms with Crippen LogP contribution in [0.5, 0.6) is 11.5 Å². The van der Waals surface area contributed by atoms with Crippen LogP contribution in [0.4, 0.5) is 0 Å². The molecule has 2 rings (SSSR count). The average Bonchev–Trinajstić information content (AvgIpc) is 2.77. The molecule has 1 unspecified atom stereocenters. The fourth-order valence-electron chi connectivity index (χ4n) is 2.03. The van der Waals surface area contributed by atoms with Crippen molar-refractivity contribution in [3.05, 3.63) is 35.4 Å². The van der Waals surface area contributed by atoms with Crippen molar-refractivity contribution in [3.63, 3.8) is 0 Å². The van der Waals surface area contributed by atoms with Gasteiger partial charge in [0.15, 0.2) is 5.82 Å². The summed E-state index contributed by atoms with van der Waals surface area (Å²) < 4.78 is 13.1. The largest absolute Gasteiger partial charge is 0.497 e. The van der Waals surface area contributed by atoms with E-state index in [1.807, 2.05) is 43.7 Å². The smallest absolute Gasteiger partial charge is 0.170 e. The molecule has 0 aliphatic heterocycles. The van der Waals surface area contributed by atoms with Crippen LogP contribution >= 0.6 is 0 Å². The maximum Gasteiger partial charge on any atom is 0.170 e. The monoisotopic (exact) mass is 290 g/mol. The molecule has 0 saturated carbocycles. The van der Waals surface area contributed by atoms with E-state index < -0.39 is 0 Å². The Morgan fingerprint density at radius 1 is 1.33 bits per heavy atom. The molecule has 0 saturated heterocycles. The number of hydrogen-bond donors (Lipinski definition) is 1.